The van der Waals surface area contributed by atoms with Gasteiger partial charge in [0.25, 0.3) is 0 Å². The first kappa shape index (κ1) is 22.2. The summed E-state index contributed by atoms with van der Waals surface area (Å²) in [4.78, 5) is 36.7. The maximum atomic E-state index is 12.4. The summed E-state index contributed by atoms with van der Waals surface area (Å²) in [5.41, 5.74) is 0.739. The molecule has 2 amide bonds. The zero-order valence-electron chi connectivity index (χ0n) is 14.8. The topological polar surface area (TPSA) is 75.7 Å². The number of amides is 2. The summed E-state index contributed by atoms with van der Waals surface area (Å²) in [6, 6.07) is 7.73. The van der Waals surface area contributed by atoms with Crippen molar-refractivity contribution in [3.05, 3.63) is 48.6 Å². The largest absolute Gasteiger partial charge is 0.471 e. The lowest BCUT2D eigenvalue weighted by Gasteiger charge is -2.30. The summed E-state index contributed by atoms with van der Waals surface area (Å²) in [5.74, 6) is -3.77. The number of benzene rings is 1. The lowest BCUT2D eigenvalue weighted by Crippen LogP contribution is -2.51. The zero-order chi connectivity index (χ0) is 20.4. The fourth-order valence-electron chi connectivity index (χ4n) is 2.34. The highest BCUT2D eigenvalue weighted by atomic mass is 19.4. The van der Waals surface area contributed by atoms with Crippen LogP contribution in [0.25, 0.3) is 0 Å². The molecule has 1 aromatic rings. The highest BCUT2D eigenvalue weighted by Gasteiger charge is 2.39. The number of hydrogen-bond acceptors (Lipinski definition) is 4. The molecule has 0 spiro atoms. The van der Waals surface area contributed by atoms with E-state index < -0.39 is 36.5 Å². The zero-order valence-corrected chi connectivity index (χ0v) is 14.8. The minimum absolute atomic E-state index is 0.0385. The maximum Gasteiger partial charge on any atom is 0.471 e. The van der Waals surface area contributed by atoms with Gasteiger partial charge < -0.3 is 15.0 Å². The first-order valence-corrected chi connectivity index (χ1v) is 8.07. The van der Waals surface area contributed by atoms with E-state index in [9.17, 15) is 27.6 Å². The van der Waals surface area contributed by atoms with Gasteiger partial charge in [-0.1, -0.05) is 36.4 Å². The molecule has 0 aliphatic carbocycles. The summed E-state index contributed by atoms with van der Waals surface area (Å²) >= 11 is 0. The van der Waals surface area contributed by atoms with Crippen LogP contribution in [0.3, 0.4) is 0 Å². The molecule has 0 unspecified atom stereocenters. The van der Waals surface area contributed by atoms with Gasteiger partial charge in [0.1, 0.15) is 6.04 Å². The third-order valence-electron chi connectivity index (χ3n) is 3.67. The monoisotopic (exact) mass is 386 g/mol. The molecular formula is C18H21F3N2O4. The standard InChI is InChI=1S/C18H21F3N2O4/c1-3-4-10-23(15(24)12-22-17(26)18(19,20)21)14(16(25)27-2)11-13-8-6-5-7-9-13/h3,5-9,14H,1,4,10-12H2,2H3,(H,22,26)/t14-/m0/s1. The Morgan fingerprint density at radius 1 is 1.26 bits per heavy atom. The van der Waals surface area contributed by atoms with Gasteiger partial charge in [0.15, 0.2) is 0 Å². The van der Waals surface area contributed by atoms with E-state index in [1.807, 2.05) is 0 Å². The molecule has 0 aliphatic rings. The lowest BCUT2D eigenvalue weighted by molar-refractivity contribution is -0.174. The van der Waals surface area contributed by atoms with E-state index in [-0.39, 0.29) is 13.0 Å². The molecule has 0 bridgehead atoms. The van der Waals surface area contributed by atoms with Crippen LogP contribution in [-0.2, 0) is 25.5 Å². The van der Waals surface area contributed by atoms with Crippen molar-refractivity contribution in [1.29, 1.82) is 0 Å². The smallest absolute Gasteiger partial charge is 0.467 e. The molecule has 0 aliphatic heterocycles. The van der Waals surface area contributed by atoms with E-state index in [2.05, 4.69) is 6.58 Å². The van der Waals surface area contributed by atoms with Gasteiger partial charge in [-0.15, -0.1) is 6.58 Å². The van der Waals surface area contributed by atoms with E-state index in [4.69, 9.17) is 4.74 Å². The van der Waals surface area contributed by atoms with Crippen LogP contribution in [-0.4, -0.2) is 55.1 Å². The number of nitrogens with zero attached hydrogens (tertiary/aromatic N) is 1. The van der Waals surface area contributed by atoms with Crippen molar-refractivity contribution in [2.45, 2.75) is 25.1 Å². The summed E-state index contributed by atoms with van der Waals surface area (Å²) in [6.45, 7) is 2.68. The van der Waals surface area contributed by atoms with Gasteiger partial charge in [0, 0.05) is 13.0 Å². The van der Waals surface area contributed by atoms with Gasteiger partial charge in [-0.25, -0.2) is 4.79 Å². The minimum Gasteiger partial charge on any atom is -0.467 e. The number of carbonyl (C=O) groups is 3. The van der Waals surface area contributed by atoms with Crippen molar-refractivity contribution in [2.24, 2.45) is 0 Å². The van der Waals surface area contributed by atoms with Crippen LogP contribution in [0.4, 0.5) is 13.2 Å². The first-order valence-electron chi connectivity index (χ1n) is 8.07. The SMILES string of the molecule is C=CCCN(C(=O)CNC(=O)C(F)(F)F)[C@@H](Cc1ccccc1)C(=O)OC. The fourth-order valence-corrected chi connectivity index (χ4v) is 2.34. The predicted molar refractivity (Wildman–Crippen MR) is 91.5 cm³/mol. The van der Waals surface area contributed by atoms with Crippen molar-refractivity contribution in [1.82, 2.24) is 10.2 Å². The second-order valence-electron chi connectivity index (χ2n) is 5.57. The summed E-state index contributed by atoms with van der Waals surface area (Å²) < 4.78 is 41.7. The molecule has 1 N–H and O–H groups in total. The minimum atomic E-state index is -5.10. The van der Waals surface area contributed by atoms with E-state index in [1.165, 1.54) is 11.4 Å². The number of nitrogens with one attached hydrogen (secondary N) is 1. The number of carbonyl (C=O) groups excluding carboxylic acids is 3. The Kier molecular flexibility index (Phi) is 8.50. The number of rotatable bonds is 9. The van der Waals surface area contributed by atoms with Crippen molar-refractivity contribution in [3.8, 4) is 0 Å². The molecule has 0 saturated heterocycles. The number of ether oxygens (including phenoxy) is 1. The van der Waals surface area contributed by atoms with Crippen LogP contribution < -0.4 is 5.32 Å². The number of methoxy groups -OCH3 is 1. The van der Waals surface area contributed by atoms with Crippen LogP contribution >= 0.6 is 0 Å². The second-order valence-corrected chi connectivity index (χ2v) is 5.57. The van der Waals surface area contributed by atoms with Crippen molar-refractivity contribution in [3.63, 3.8) is 0 Å². The summed E-state index contributed by atoms with van der Waals surface area (Å²) in [7, 11) is 1.15. The van der Waals surface area contributed by atoms with E-state index in [0.29, 0.717) is 6.42 Å². The Labute approximate surface area is 155 Å². The van der Waals surface area contributed by atoms with Gasteiger partial charge in [-0.05, 0) is 12.0 Å². The van der Waals surface area contributed by atoms with Crippen molar-refractivity contribution >= 4 is 17.8 Å². The van der Waals surface area contributed by atoms with Crippen LogP contribution in [0, 0.1) is 0 Å². The molecule has 0 aromatic heterocycles. The normalized spacial score (nSPS) is 12.0. The Morgan fingerprint density at radius 2 is 1.89 bits per heavy atom. The molecule has 1 rings (SSSR count). The Bertz CT molecular complexity index is 662. The van der Waals surface area contributed by atoms with Gasteiger partial charge in [0.05, 0.1) is 13.7 Å². The molecule has 1 atom stereocenters. The lowest BCUT2D eigenvalue weighted by atomic mass is 10.0. The molecule has 0 radical (unpaired) electrons. The molecule has 148 valence electrons. The van der Waals surface area contributed by atoms with Crippen LogP contribution in [0.15, 0.2) is 43.0 Å². The molecule has 0 fully saturated rings. The summed E-state index contributed by atoms with van der Waals surface area (Å²) in [5, 5.41) is 1.52. The summed E-state index contributed by atoms with van der Waals surface area (Å²) in [6.07, 6.45) is -3.17. The van der Waals surface area contributed by atoms with Crippen molar-refractivity contribution in [2.75, 3.05) is 20.2 Å². The number of halogens is 3. The average Bonchev–Trinajstić information content (AvgIpc) is 2.64. The molecule has 0 heterocycles. The maximum absolute atomic E-state index is 12.4. The van der Waals surface area contributed by atoms with Gasteiger partial charge >= 0.3 is 18.1 Å². The van der Waals surface area contributed by atoms with Crippen LogP contribution in [0.5, 0.6) is 0 Å². The predicted octanol–water partition coefficient (Wildman–Crippen LogP) is 1.85. The molecular weight excluding hydrogens is 365 g/mol. The Morgan fingerprint density at radius 3 is 2.41 bits per heavy atom. The fraction of sp³-hybridized carbons (Fsp3) is 0.389. The van der Waals surface area contributed by atoms with E-state index in [0.717, 1.165) is 17.6 Å². The molecule has 9 heteroatoms. The number of hydrogen-bond donors (Lipinski definition) is 1. The highest BCUT2D eigenvalue weighted by molar-refractivity contribution is 5.90. The highest BCUT2D eigenvalue weighted by Crippen LogP contribution is 2.15. The quantitative estimate of drug-likeness (QED) is 0.519. The van der Waals surface area contributed by atoms with Gasteiger partial charge in [-0.2, -0.15) is 13.2 Å². The Hall–Kier alpha value is -2.84. The average molecular weight is 386 g/mol. The van der Waals surface area contributed by atoms with E-state index in [1.54, 1.807) is 30.3 Å². The molecule has 6 nitrogen and oxygen atoms in total. The molecule has 27 heavy (non-hydrogen) atoms. The third kappa shape index (κ3) is 7.12. The number of esters is 1. The van der Waals surface area contributed by atoms with Gasteiger partial charge in [0.2, 0.25) is 5.91 Å². The van der Waals surface area contributed by atoms with Crippen LogP contribution in [0.1, 0.15) is 12.0 Å². The first-order chi connectivity index (χ1) is 12.7. The van der Waals surface area contributed by atoms with Gasteiger partial charge in [-0.3, -0.25) is 9.59 Å². The number of alkyl halides is 3. The van der Waals surface area contributed by atoms with E-state index >= 15 is 0 Å². The third-order valence-corrected chi connectivity index (χ3v) is 3.67. The van der Waals surface area contributed by atoms with Crippen molar-refractivity contribution < 1.29 is 32.3 Å². The molecule has 0 saturated carbocycles. The Balaban J connectivity index is 2.99. The molecule has 1 aromatic carbocycles. The van der Waals surface area contributed by atoms with Crippen LogP contribution in [0.2, 0.25) is 0 Å². The second kappa shape index (κ2) is 10.3.